The van der Waals surface area contributed by atoms with Crippen LogP contribution in [0.3, 0.4) is 0 Å². The number of oxazole rings is 1. The van der Waals surface area contributed by atoms with Gasteiger partial charge in [0.1, 0.15) is 5.78 Å². The van der Waals surface area contributed by atoms with Crippen molar-refractivity contribution in [2.75, 3.05) is 0 Å². The van der Waals surface area contributed by atoms with Crippen LogP contribution >= 0.6 is 22.6 Å². The van der Waals surface area contributed by atoms with Gasteiger partial charge in [-0.1, -0.05) is 36.4 Å². The SMILES string of the molecule is O=C(O)CC1CCC(c2ccc(CC(=O)CCCC(=O)c3nc(-c4ccccc4I)oc3C(F)(F)F)cc2)CC1. The normalized spacial score (nSPS) is 17.5. The first-order chi connectivity index (χ1) is 19.0. The number of carbonyl (C=O) groups excluding carboxylic acids is 2. The fourth-order valence-corrected chi connectivity index (χ4v) is 5.80. The van der Waals surface area contributed by atoms with E-state index in [1.165, 1.54) is 5.56 Å². The van der Waals surface area contributed by atoms with Gasteiger partial charge < -0.3 is 9.52 Å². The Morgan fingerprint density at radius 3 is 2.27 bits per heavy atom. The van der Waals surface area contributed by atoms with E-state index in [2.05, 4.69) is 4.98 Å². The lowest BCUT2D eigenvalue weighted by atomic mass is 9.77. The number of carboxylic acid groups (broad SMARTS) is 1. The third-order valence-electron chi connectivity index (χ3n) is 7.27. The molecule has 6 nitrogen and oxygen atoms in total. The summed E-state index contributed by atoms with van der Waals surface area (Å²) in [6, 6.07) is 14.5. The molecule has 2 aromatic carbocycles. The molecule has 0 radical (unpaired) electrons. The average molecular weight is 667 g/mol. The minimum absolute atomic E-state index is 0.0593. The third kappa shape index (κ3) is 7.80. The van der Waals surface area contributed by atoms with Gasteiger partial charge in [0, 0.05) is 29.3 Å². The van der Waals surface area contributed by atoms with Gasteiger partial charge in [-0.15, -0.1) is 0 Å². The summed E-state index contributed by atoms with van der Waals surface area (Å²) in [7, 11) is 0. The van der Waals surface area contributed by atoms with Crippen molar-refractivity contribution in [3.8, 4) is 11.5 Å². The number of nitrogens with zero attached hydrogens (tertiary/aromatic N) is 1. The summed E-state index contributed by atoms with van der Waals surface area (Å²) in [6.45, 7) is 0. The number of alkyl halides is 3. The zero-order valence-electron chi connectivity index (χ0n) is 21.7. The van der Waals surface area contributed by atoms with Gasteiger partial charge in [0.2, 0.25) is 11.7 Å². The van der Waals surface area contributed by atoms with Gasteiger partial charge in [-0.2, -0.15) is 13.2 Å². The van der Waals surface area contributed by atoms with E-state index in [1.54, 1.807) is 24.3 Å². The third-order valence-corrected chi connectivity index (χ3v) is 8.22. The first-order valence-electron chi connectivity index (χ1n) is 13.2. The Kier molecular flexibility index (Phi) is 9.81. The lowest BCUT2D eigenvalue weighted by Crippen LogP contribution is -2.16. The first kappa shape index (κ1) is 30.0. The molecule has 0 saturated heterocycles. The number of hydrogen-bond donors (Lipinski definition) is 1. The van der Waals surface area contributed by atoms with Crippen molar-refractivity contribution in [2.24, 2.45) is 5.92 Å². The molecule has 0 unspecified atom stereocenters. The summed E-state index contributed by atoms with van der Waals surface area (Å²) in [5.74, 6) is -2.75. The molecule has 4 rings (SSSR count). The van der Waals surface area contributed by atoms with E-state index in [0.29, 0.717) is 15.1 Å². The second-order valence-electron chi connectivity index (χ2n) is 10.2. The molecule has 1 aromatic heterocycles. The molecule has 0 bridgehead atoms. The van der Waals surface area contributed by atoms with Crippen LogP contribution in [0.4, 0.5) is 13.2 Å². The summed E-state index contributed by atoms with van der Waals surface area (Å²) in [6.07, 6.45) is -0.906. The standard InChI is InChI=1S/C30H29F3INO5/c31-30(32,33)28-27(35-29(40-28)23-5-1-2-6-24(23)34)25(37)7-3-4-22(36)16-18-8-12-20(13-9-18)21-14-10-19(11-15-21)17-26(38)39/h1-2,5-6,8-9,12-13,19,21H,3-4,7,10-11,14-17H2,(H,38,39). The second-order valence-corrected chi connectivity index (χ2v) is 11.4. The second kappa shape index (κ2) is 13.1. The van der Waals surface area contributed by atoms with Crippen LogP contribution in [0.25, 0.3) is 11.5 Å². The number of carbonyl (C=O) groups is 3. The predicted molar refractivity (Wildman–Crippen MR) is 150 cm³/mol. The van der Waals surface area contributed by atoms with Gasteiger partial charge in [-0.3, -0.25) is 14.4 Å². The van der Waals surface area contributed by atoms with Crippen LogP contribution in [-0.4, -0.2) is 27.6 Å². The van der Waals surface area contributed by atoms with Crippen LogP contribution < -0.4 is 0 Å². The molecule has 212 valence electrons. The Hall–Kier alpha value is -3.02. The van der Waals surface area contributed by atoms with E-state index in [9.17, 15) is 27.6 Å². The van der Waals surface area contributed by atoms with E-state index in [1.807, 2.05) is 46.9 Å². The van der Waals surface area contributed by atoms with Crippen molar-refractivity contribution in [3.63, 3.8) is 0 Å². The molecule has 1 aliphatic rings. The zero-order chi connectivity index (χ0) is 28.9. The molecule has 3 aromatic rings. The van der Waals surface area contributed by atoms with E-state index >= 15 is 0 Å². The molecule has 1 N–H and O–H groups in total. The molecular weight excluding hydrogens is 638 g/mol. The molecule has 0 spiro atoms. The van der Waals surface area contributed by atoms with E-state index < -0.39 is 29.4 Å². The van der Waals surface area contributed by atoms with Crippen molar-refractivity contribution < 1.29 is 37.1 Å². The highest BCUT2D eigenvalue weighted by molar-refractivity contribution is 14.1. The Balaban J connectivity index is 1.29. The van der Waals surface area contributed by atoms with Gasteiger partial charge in [-0.05, 0) is 89.8 Å². The number of aliphatic carboxylic acids is 1. The molecule has 0 atom stereocenters. The van der Waals surface area contributed by atoms with Gasteiger partial charge >= 0.3 is 12.1 Å². The highest BCUT2D eigenvalue weighted by Gasteiger charge is 2.41. The van der Waals surface area contributed by atoms with E-state index in [-0.39, 0.29) is 49.7 Å². The monoisotopic (exact) mass is 667 g/mol. The molecule has 1 aliphatic carbocycles. The Labute approximate surface area is 243 Å². The molecule has 1 heterocycles. The molecule has 1 saturated carbocycles. The fourth-order valence-electron chi connectivity index (χ4n) is 5.19. The number of ketones is 2. The first-order valence-corrected chi connectivity index (χ1v) is 14.3. The summed E-state index contributed by atoms with van der Waals surface area (Å²) >= 11 is 1.96. The van der Waals surface area contributed by atoms with Crippen LogP contribution in [-0.2, 0) is 22.2 Å². The van der Waals surface area contributed by atoms with Crippen molar-refractivity contribution in [1.29, 1.82) is 0 Å². The van der Waals surface area contributed by atoms with Gasteiger partial charge in [0.25, 0.3) is 0 Å². The number of carboxylic acids is 1. The Bertz CT molecular complexity index is 1360. The fraction of sp³-hybridized carbons (Fsp3) is 0.400. The number of halogens is 4. The van der Waals surface area contributed by atoms with Crippen LogP contribution in [0.1, 0.15) is 84.7 Å². The number of rotatable bonds is 11. The van der Waals surface area contributed by atoms with E-state index in [0.717, 1.165) is 31.2 Å². The largest absolute Gasteiger partial charge is 0.481 e. The summed E-state index contributed by atoms with van der Waals surface area (Å²) in [5.41, 5.74) is 1.60. The minimum atomic E-state index is -4.88. The number of benzene rings is 2. The lowest BCUT2D eigenvalue weighted by Gasteiger charge is -2.28. The molecular formula is C30H29F3INO5. The van der Waals surface area contributed by atoms with Crippen molar-refractivity contribution in [1.82, 2.24) is 4.98 Å². The van der Waals surface area contributed by atoms with Crippen molar-refractivity contribution >= 4 is 40.1 Å². The number of hydrogen-bond acceptors (Lipinski definition) is 5. The molecule has 0 aliphatic heterocycles. The maximum Gasteiger partial charge on any atom is 0.452 e. The number of Topliss-reactive ketones (excluding diaryl/α,β-unsaturated/α-hetero) is 2. The molecule has 40 heavy (non-hydrogen) atoms. The number of aromatic nitrogens is 1. The van der Waals surface area contributed by atoms with Crippen LogP contribution in [0.15, 0.2) is 52.9 Å². The van der Waals surface area contributed by atoms with Crippen molar-refractivity contribution in [3.05, 3.63) is 74.7 Å². The average Bonchev–Trinajstić information content (AvgIpc) is 3.36. The quantitative estimate of drug-likeness (QED) is 0.165. The van der Waals surface area contributed by atoms with Crippen LogP contribution in [0.2, 0.25) is 0 Å². The zero-order valence-corrected chi connectivity index (χ0v) is 23.8. The highest BCUT2D eigenvalue weighted by Crippen LogP contribution is 2.38. The van der Waals surface area contributed by atoms with Crippen molar-refractivity contribution in [2.45, 2.75) is 69.9 Å². The van der Waals surface area contributed by atoms with E-state index in [4.69, 9.17) is 9.52 Å². The maximum atomic E-state index is 13.6. The van der Waals surface area contributed by atoms with Gasteiger partial charge in [0.15, 0.2) is 11.5 Å². The molecule has 0 amide bonds. The predicted octanol–water partition coefficient (Wildman–Crippen LogP) is 7.88. The highest BCUT2D eigenvalue weighted by atomic mass is 127. The van der Waals surface area contributed by atoms with Gasteiger partial charge in [-0.25, -0.2) is 4.98 Å². The molecule has 10 heteroatoms. The molecule has 1 fully saturated rings. The summed E-state index contributed by atoms with van der Waals surface area (Å²) in [5, 5.41) is 8.98. The Morgan fingerprint density at radius 2 is 1.65 bits per heavy atom. The lowest BCUT2D eigenvalue weighted by molar-refractivity contribution is -0.153. The topological polar surface area (TPSA) is 97.5 Å². The smallest absolute Gasteiger partial charge is 0.452 e. The van der Waals surface area contributed by atoms with Crippen LogP contribution in [0, 0.1) is 9.49 Å². The Morgan fingerprint density at radius 1 is 0.975 bits per heavy atom. The minimum Gasteiger partial charge on any atom is -0.481 e. The summed E-state index contributed by atoms with van der Waals surface area (Å²) < 4.78 is 46.4. The summed E-state index contributed by atoms with van der Waals surface area (Å²) in [4.78, 5) is 40.0. The van der Waals surface area contributed by atoms with Gasteiger partial charge in [0.05, 0.1) is 5.56 Å². The van der Waals surface area contributed by atoms with Crippen LogP contribution in [0.5, 0.6) is 0 Å². The maximum absolute atomic E-state index is 13.6.